The lowest BCUT2D eigenvalue weighted by Gasteiger charge is -2.09. The molecule has 150 valence electrons. The summed E-state index contributed by atoms with van der Waals surface area (Å²) in [5.74, 6) is -1.42. The van der Waals surface area contributed by atoms with E-state index in [-0.39, 0.29) is 11.1 Å². The van der Waals surface area contributed by atoms with Crippen LogP contribution in [-0.4, -0.2) is 29.4 Å². The molecule has 0 aliphatic rings. The summed E-state index contributed by atoms with van der Waals surface area (Å²) in [6, 6.07) is 13.6. The van der Waals surface area contributed by atoms with E-state index in [1.165, 1.54) is 12.3 Å². The molecule has 0 saturated heterocycles. The number of benzene rings is 1. The molecule has 9 heteroatoms. The Balaban J connectivity index is 1.54. The maximum Gasteiger partial charge on any atom is 0.339 e. The van der Waals surface area contributed by atoms with E-state index in [0.717, 1.165) is 11.3 Å². The predicted molar refractivity (Wildman–Crippen MR) is 111 cm³/mol. The van der Waals surface area contributed by atoms with Crippen molar-refractivity contribution in [2.75, 3.05) is 11.9 Å². The number of anilines is 1. The van der Waals surface area contributed by atoms with Gasteiger partial charge in [-0.1, -0.05) is 18.2 Å². The number of carbonyl (C=O) groups excluding carboxylic acids is 3. The largest absolute Gasteiger partial charge is 0.463 e. The fraction of sp³-hybridized carbons (Fsp3) is 0.0476. The minimum atomic E-state index is -0.683. The monoisotopic (exact) mass is 421 g/mol. The van der Waals surface area contributed by atoms with Crippen LogP contribution in [0.15, 0.2) is 64.6 Å². The molecular weight excluding hydrogens is 406 g/mol. The van der Waals surface area contributed by atoms with Crippen LogP contribution in [-0.2, 0) is 9.53 Å². The highest BCUT2D eigenvalue weighted by Crippen LogP contribution is 2.26. The van der Waals surface area contributed by atoms with Crippen molar-refractivity contribution in [1.29, 1.82) is 0 Å². The van der Waals surface area contributed by atoms with Crippen molar-refractivity contribution in [3.05, 3.63) is 71.3 Å². The number of furan rings is 1. The van der Waals surface area contributed by atoms with Crippen LogP contribution >= 0.6 is 11.3 Å². The van der Waals surface area contributed by atoms with Crippen LogP contribution in [0.3, 0.4) is 0 Å². The van der Waals surface area contributed by atoms with Gasteiger partial charge in [0.1, 0.15) is 10.7 Å². The fourth-order valence-electron chi connectivity index (χ4n) is 2.87. The molecule has 0 fully saturated rings. The quantitative estimate of drug-likeness (QED) is 0.460. The third-order valence-corrected chi connectivity index (χ3v) is 5.06. The zero-order valence-corrected chi connectivity index (χ0v) is 16.3. The second-order valence-corrected chi connectivity index (χ2v) is 7.12. The van der Waals surface area contributed by atoms with E-state index in [2.05, 4.69) is 10.3 Å². The molecule has 0 aliphatic heterocycles. The van der Waals surface area contributed by atoms with Crippen molar-refractivity contribution in [2.24, 2.45) is 5.73 Å². The summed E-state index contributed by atoms with van der Waals surface area (Å²) in [7, 11) is 0. The summed E-state index contributed by atoms with van der Waals surface area (Å²) in [5.41, 5.74) is 6.78. The molecule has 3 aromatic heterocycles. The second kappa shape index (κ2) is 8.18. The lowest BCUT2D eigenvalue weighted by molar-refractivity contribution is -0.119. The van der Waals surface area contributed by atoms with Crippen LogP contribution in [0.1, 0.15) is 20.7 Å². The zero-order valence-electron chi connectivity index (χ0n) is 15.5. The van der Waals surface area contributed by atoms with Crippen LogP contribution in [0.4, 0.5) is 5.00 Å². The standard InChI is InChI=1S/C21H15N3O5S/c22-19(26)13-7-9-30-20(13)24-18(25)11-29-21(27)14-10-16(17-6-3-8-28-17)23-15-5-2-1-4-12(14)15/h1-10H,11H2,(H2,22,26)(H,24,25). The van der Waals surface area contributed by atoms with Gasteiger partial charge in [0.2, 0.25) is 0 Å². The summed E-state index contributed by atoms with van der Waals surface area (Å²) in [6.07, 6.45) is 1.51. The van der Waals surface area contributed by atoms with Gasteiger partial charge in [0.05, 0.1) is 22.9 Å². The molecule has 0 aliphatic carbocycles. The first-order chi connectivity index (χ1) is 14.5. The Morgan fingerprint density at radius 1 is 1.10 bits per heavy atom. The fourth-order valence-corrected chi connectivity index (χ4v) is 3.68. The molecule has 0 saturated carbocycles. The zero-order chi connectivity index (χ0) is 21.1. The number of amides is 2. The molecule has 3 N–H and O–H groups in total. The molecule has 8 nitrogen and oxygen atoms in total. The smallest absolute Gasteiger partial charge is 0.339 e. The van der Waals surface area contributed by atoms with Gasteiger partial charge in [-0.2, -0.15) is 0 Å². The highest BCUT2D eigenvalue weighted by molar-refractivity contribution is 7.14. The first-order valence-electron chi connectivity index (χ1n) is 8.81. The number of para-hydroxylation sites is 1. The lowest BCUT2D eigenvalue weighted by atomic mass is 10.1. The average molecular weight is 421 g/mol. The highest BCUT2D eigenvalue weighted by Gasteiger charge is 2.18. The number of pyridine rings is 1. The summed E-state index contributed by atoms with van der Waals surface area (Å²) in [4.78, 5) is 40.8. The van der Waals surface area contributed by atoms with E-state index in [1.807, 2.05) is 0 Å². The number of hydrogen-bond donors (Lipinski definition) is 2. The number of nitrogens with one attached hydrogen (secondary N) is 1. The highest BCUT2D eigenvalue weighted by atomic mass is 32.1. The summed E-state index contributed by atoms with van der Waals surface area (Å²) >= 11 is 1.15. The number of thiophene rings is 1. The number of fused-ring (bicyclic) bond motifs is 1. The van der Waals surface area contributed by atoms with Gasteiger partial charge in [0.15, 0.2) is 12.4 Å². The van der Waals surface area contributed by atoms with Crippen LogP contribution in [0, 0.1) is 0 Å². The normalized spacial score (nSPS) is 10.7. The lowest BCUT2D eigenvalue weighted by Crippen LogP contribution is -2.22. The Morgan fingerprint density at radius 3 is 2.70 bits per heavy atom. The van der Waals surface area contributed by atoms with Crippen LogP contribution in [0.5, 0.6) is 0 Å². The number of aromatic nitrogens is 1. The van der Waals surface area contributed by atoms with Crippen LogP contribution < -0.4 is 11.1 Å². The Kier molecular flexibility index (Phi) is 5.27. The number of nitrogens with zero attached hydrogens (tertiary/aromatic N) is 1. The van der Waals surface area contributed by atoms with Crippen molar-refractivity contribution >= 4 is 45.0 Å². The van der Waals surface area contributed by atoms with Crippen molar-refractivity contribution in [1.82, 2.24) is 4.98 Å². The van der Waals surface area contributed by atoms with Gasteiger partial charge in [-0.15, -0.1) is 11.3 Å². The van der Waals surface area contributed by atoms with Crippen molar-refractivity contribution in [2.45, 2.75) is 0 Å². The van der Waals surface area contributed by atoms with Crippen LogP contribution in [0.2, 0.25) is 0 Å². The second-order valence-electron chi connectivity index (χ2n) is 6.20. The molecule has 2 amide bonds. The van der Waals surface area contributed by atoms with Crippen molar-refractivity contribution in [3.63, 3.8) is 0 Å². The predicted octanol–water partition coefficient (Wildman–Crippen LogP) is 3.45. The molecule has 4 rings (SSSR count). The third kappa shape index (κ3) is 3.91. The van der Waals surface area contributed by atoms with Gasteiger partial charge in [-0.25, -0.2) is 9.78 Å². The number of hydrogen-bond acceptors (Lipinski definition) is 7. The number of carbonyl (C=O) groups is 3. The maximum absolute atomic E-state index is 12.7. The van der Waals surface area contributed by atoms with Gasteiger partial charge in [-0.3, -0.25) is 9.59 Å². The van der Waals surface area contributed by atoms with Crippen molar-refractivity contribution in [3.8, 4) is 11.5 Å². The van der Waals surface area contributed by atoms with E-state index in [4.69, 9.17) is 14.9 Å². The average Bonchev–Trinajstić information content (AvgIpc) is 3.43. The number of esters is 1. The first-order valence-corrected chi connectivity index (χ1v) is 9.69. The summed E-state index contributed by atoms with van der Waals surface area (Å²) in [5, 5.41) is 5.04. The van der Waals surface area contributed by atoms with E-state index in [1.54, 1.807) is 47.8 Å². The molecule has 30 heavy (non-hydrogen) atoms. The Labute approximate surface area is 174 Å². The summed E-state index contributed by atoms with van der Waals surface area (Å²) < 4.78 is 10.6. The maximum atomic E-state index is 12.7. The summed E-state index contributed by atoms with van der Waals surface area (Å²) in [6.45, 7) is -0.526. The minimum absolute atomic E-state index is 0.197. The molecule has 4 aromatic rings. The van der Waals surface area contributed by atoms with Gasteiger partial charge < -0.3 is 20.2 Å². The Morgan fingerprint density at radius 2 is 1.93 bits per heavy atom. The SMILES string of the molecule is NC(=O)c1ccsc1NC(=O)COC(=O)c1cc(-c2ccco2)nc2ccccc12. The van der Waals surface area contributed by atoms with Crippen LogP contribution in [0.25, 0.3) is 22.4 Å². The number of nitrogens with two attached hydrogens (primary N) is 1. The molecule has 0 atom stereocenters. The molecule has 3 heterocycles. The molecule has 1 aromatic carbocycles. The van der Waals surface area contributed by atoms with E-state index in [9.17, 15) is 14.4 Å². The number of primary amides is 1. The van der Waals surface area contributed by atoms with Gasteiger partial charge in [-0.05, 0) is 35.7 Å². The first kappa shape index (κ1) is 19.3. The third-order valence-electron chi connectivity index (χ3n) is 4.23. The minimum Gasteiger partial charge on any atom is -0.463 e. The molecule has 0 radical (unpaired) electrons. The molecule has 0 spiro atoms. The van der Waals surface area contributed by atoms with Gasteiger partial charge in [0, 0.05) is 5.39 Å². The molecular formula is C21H15N3O5S. The molecule has 0 bridgehead atoms. The number of rotatable bonds is 6. The molecule has 0 unspecified atom stereocenters. The topological polar surface area (TPSA) is 125 Å². The van der Waals surface area contributed by atoms with Gasteiger partial charge >= 0.3 is 5.97 Å². The number of ether oxygens (including phenoxy) is 1. The Bertz CT molecular complexity index is 1250. The van der Waals surface area contributed by atoms with Crippen molar-refractivity contribution < 1.29 is 23.5 Å². The van der Waals surface area contributed by atoms with E-state index in [0.29, 0.717) is 27.4 Å². The van der Waals surface area contributed by atoms with E-state index < -0.39 is 24.4 Å². The Hall–Kier alpha value is -3.98. The van der Waals surface area contributed by atoms with Gasteiger partial charge in [0.25, 0.3) is 11.8 Å². The van der Waals surface area contributed by atoms with E-state index >= 15 is 0 Å².